The van der Waals surface area contributed by atoms with E-state index in [-0.39, 0.29) is 35.1 Å². The first-order valence-electron chi connectivity index (χ1n) is 6.69. The number of Topliss-reactive ketones (excluding diaryl/α,β-unsaturated/α-hetero) is 1. The first kappa shape index (κ1) is 16.6. The van der Waals surface area contributed by atoms with Crippen LogP contribution in [-0.2, 0) is 0 Å². The lowest BCUT2D eigenvalue weighted by Gasteiger charge is -2.11. The van der Waals surface area contributed by atoms with Crippen LogP contribution >= 0.6 is 0 Å². The van der Waals surface area contributed by atoms with Crippen molar-refractivity contribution in [2.75, 3.05) is 0 Å². The van der Waals surface area contributed by atoms with Crippen molar-refractivity contribution in [2.45, 2.75) is 25.7 Å². The summed E-state index contributed by atoms with van der Waals surface area (Å²) >= 11 is 0. The smallest absolute Gasteiger partial charge is 0.168 e. The molecule has 0 bridgehead atoms. The van der Waals surface area contributed by atoms with E-state index in [1.807, 2.05) is 0 Å². The lowest BCUT2D eigenvalue weighted by Crippen LogP contribution is -2.04. The Morgan fingerprint density at radius 1 is 1.29 bits per heavy atom. The van der Waals surface area contributed by atoms with Crippen LogP contribution in [0.25, 0.3) is 0 Å². The Morgan fingerprint density at radius 3 is 2.57 bits per heavy atom. The lowest BCUT2D eigenvalue weighted by atomic mass is 9.94. The van der Waals surface area contributed by atoms with Crippen LogP contribution in [0.3, 0.4) is 0 Å². The molecule has 1 atom stereocenters. The number of aromatic hydroxyl groups is 2. The molecule has 0 aliphatic heterocycles. The second kappa shape index (κ2) is 7.99. The first-order valence-corrected chi connectivity index (χ1v) is 6.69. The summed E-state index contributed by atoms with van der Waals surface area (Å²) in [5.41, 5.74) is -0.395. The summed E-state index contributed by atoms with van der Waals surface area (Å²) in [6.07, 6.45) is 5.99. The number of carbonyl (C=O) groups is 1. The van der Waals surface area contributed by atoms with Crippen LogP contribution in [0.4, 0.5) is 5.69 Å². The van der Waals surface area contributed by atoms with Gasteiger partial charge in [-0.1, -0.05) is 12.2 Å². The molecule has 5 heteroatoms. The van der Waals surface area contributed by atoms with E-state index in [1.54, 1.807) is 12.2 Å². The van der Waals surface area contributed by atoms with Crippen molar-refractivity contribution < 1.29 is 15.0 Å². The number of rotatable bonds is 9. The number of phenols is 2. The predicted octanol–water partition coefficient (Wildman–Crippen LogP) is 4.23. The van der Waals surface area contributed by atoms with Crippen LogP contribution in [0.15, 0.2) is 42.6 Å². The molecule has 0 aliphatic rings. The van der Waals surface area contributed by atoms with Gasteiger partial charge in [-0.2, -0.15) is 0 Å². The molecule has 0 saturated heterocycles. The average Bonchev–Trinajstić information content (AvgIpc) is 2.46. The number of hydrogen-bond donors (Lipinski definition) is 2. The molecule has 0 amide bonds. The molecular formula is C16H19NO4. The van der Waals surface area contributed by atoms with E-state index in [1.165, 1.54) is 0 Å². The maximum Gasteiger partial charge on any atom is 0.168 e. The molecule has 0 fully saturated rings. The monoisotopic (exact) mass is 289 g/mol. The minimum atomic E-state index is -0.434. The van der Waals surface area contributed by atoms with Crippen molar-refractivity contribution in [1.29, 1.82) is 0 Å². The number of allylic oxidation sites excluding steroid dienone is 2. The van der Waals surface area contributed by atoms with Gasteiger partial charge in [0.15, 0.2) is 5.78 Å². The first-order chi connectivity index (χ1) is 10.0. The molecule has 1 unspecified atom stereocenters. The Kier molecular flexibility index (Phi) is 6.33. The minimum Gasteiger partial charge on any atom is -0.508 e. The average molecular weight is 289 g/mol. The zero-order valence-corrected chi connectivity index (χ0v) is 11.8. The van der Waals surface area contributed by atoms with Gasteiger partial charge in [0, 0.05) is 18.6 Å². The minimum absolute atomic E-state index is 0.144. The SMILES string of the molecule is C=CCCC(C=C)CCC(=O)c1c(O)cc(O)cc1N=O. The van der Waals surface area contributed by atoms with Gasteiger partial charge in [0.1, 0.15) is 17.2 Å². The number of nitrogens with zero attached hydrogens (tertiary/aromatic N) is 1. The second-order valence-corrected chi connectivity index (χ2v) is 4.77. The molecule has 1 aromatic carbocycles. The summed E-state index contributed by atoms with van der Waals surface area (Å²) in [5.74, 6) is -0.962. The molecular weight excluding hydrogens is 270 g/mol. The van der Waals surface area contributed by atoms with Crippen molar-refractivity contribution in [2.24, 2.45) is 11.1 Å². The van der Waals surface area contributed by atoms with Crippen molar-refractivity contribution in [3.05, 3.63) is 47.9 Å². The van der Waals surface area contributed by atoms with Crippen LogP contribution in [0.1, 0.15) is 36.0 Å². The third-order valence-electron chi connectivity index (χ3n) is 3.28. The standard InChI is InChI=1S/C16H19NO4/c1-3-5-6-11(4-2)7-8-14(19)16-13(17-21)9-12(18)10-15(16)20/h3-4,9-11,18,20H,1-2,5-8H2. The number of benzene rings is 1. The van der Waals surface area contributed by atoms with Crippen molar-refractivity contribution >= 4 is 11.5 Å². The summed E-state index contributed by atoms with van der Waals surface area (Å²) in [6, 6.07) is 2.08. The van der Waals surface area contributed by atoms with Gasteiger partial charge in [-0.05, 0) is 30.4 Å². The summed E-state index contributed by atoms with van der Waals surface area (Å²) < 4.78 is 0. The highest BCUT2D eigenvalue weighted by atomic mass is 16.3. The topological polar surface area (TPSA) is 87.0 Å². The van der Waals surface area contributed by atoms with E-state index in [0.717, 1.165) is 25.0 Å². The maximum atomic E-state index is 12.2. The molecule has 0 saturated carbocycles. The molecule has 0 spiro atoms. The van der Waals surface area contributed by atoms with Crippen LogP contribution in [0.2, 0.25) is 0 Å². The van der Waals surface area contributed by atoms with E-state index in [9.17, 15) is 19.9 Å². The molecule has 1 aromatic rings. The fourth-order valence-corrected chi connectivity index (χ4v) is 2.11. The van der Waals surface area contributed by atoms with Gasteiger partial charge in [0.25, 0.3) is 0 Å². The Hall–Kier alpha value is -2.43. The van der Waals surface area contributed by atoms with Crippen molar-refractivity contribution in [3.8, 4) is 11.5 Å². The van der Waals surface area contributed by atoms with Gasteiger partial charge in [-0.15, -0.1) is 18.1 Å². The Bertz CT molecular complexity index is 551. The molecule has 0 aromatic heterocycles. The van der Waals surface area contributed by atoms with E-state index in [4.69, 9.17) is 0 Å². The normalized spacial score (nSPS) is 11.6. The molecule has 2 N–H and O–H groups in total. The Labute approximate surface area is 123 Å². The van der Waals surface area contributed by atoms with Crippen LogP contribution in [-0.4, -0.2) is 16.0 Å². The summed E-state index contributed by atoms with van der Waals surface area (Å²) in [7, 11) is 0. The maximum absolute atomic E-state index is 12.2. The number of nitroso groups, excluding NO2 is 1. The van der Waals surface area contributed by atoms with Crippen LogP contribution in [0, 0.1) is 10.8 Å². The van der Waals surface area contributed by atoms with Gasteiger partial charge in [0.2, 0.25) is 0 Å². The molecule has 1 rings (SSSR count). The number of hydrogen-bond acceptors (Lipinski definition) is 5. The fourth-order valence-electron chi connectivity index (χ4n) is 2.11. The fraction of sp³-hybridized carbons (Fsp3) is 0.312. The van der Waals surface area contributed by atoms with E-state index < -0.39 is 5.75 Å². The van der Waals surface area contributed by atoms with Gasteiger partial charge in [0.05, 0.1) is 5.56 Å². The molecule has 0 heterocycles. The quantitative estimate of drug-likeness (QED) is 0.404. The highest BCUT2D eigenvalue weighted by Gasteiger charge is 2.19. The predicted molar refractivity (Wildman–Crippen MR) is 81.9 cm³/mol. The van der Waals surface area contributed by atoms with Crippen molar-refractivity contribution in [3.63, 3.8) is 0 Å². The van der Waals surface area contributed by atoms with Crippen molar-refractivity contribution in [1.82, 2.24) is 0 Å². The van der Waals surface area contributed by atoms with Gasteiger partial charge >= 0.3 is 0 Å². The molecule has 0 radical (unpaired) electrons. The van der Waals surface area contributed by atoms with Crippen LogP contribution in [0.5, 0.6) is 11.5 Å². The van der Waals surface area contributed by atoms with Gasteiger partial charge in [-0.3, -0.25) is 4.79 Å². The highest BCUT2D eigenvalue weighted by Crippen LogP contribution is 2.34. The van der Waals surface area contributed by atoms with E-state index in [0.29, 0.717) is 6.42 Å². The largest absolute Gasteiger partial charge is 0.508 e. The van der Waals surface area contributed by atoms with Crippen LogP contribution < -0.4 is 0 Å². The Balaban J connectivity index is 2.82. The second-order valence-electron chi connectivity index (χ2n) is 4.77. The van der Waals surface area contributed by atoms with E-state index in [2.05, 4.69) is 18.3 Å². The number of ketones is 1. The molecule has 0 aliphatic carbocycles. The number of carbonyl (C=O) groups excluding carboxylic acids is 1. The van der Waals surface area contributed by atoms with E-state index >= 15 is 0 Å². The van der Waals surface area contributed by atoms with Gasteiger partial charge in [-0.25, -0.2) is 0 Å². The summed E-state index contributed by atoms with van der Waals surface area (Å²) in [5, 5.41) is 21.7. The lowest BCUT2D eigenvalue weighted by molar-refractivity contribution is 0.0974. The Morgan fingerprint density at radius 2 is 2.00 bits per heavy atom. The molecule has 21 heavy (non-hydrogen) atoms. The highest BCUT2D eigenvalue weighted by molar-refractivity contribution is 6.03. The summed E-state index contributed by atoms with van der Waals surface area (Å²) in [4.78, 5) is 22.9. The zero-order chi connectivity index (χ0) is 15.8. The third kappa shape index (κ3) is 4.56. The van der Waals surface area contributed by atoms with Gasteiger partial charge < -0.3 is 10.2 Å². The zero-order valence-electron chi connectivity index (χ0n) is 11.8. The molecule has 5 nitrogen and oxygen atoms in total. The number of phenolic OH excluding ortho intramolecular Hbond substituents is 2. The summed E-state index contributed by atoms with van der Waals surface area (Å²) in [6.45, 7) is 7.38. The molecule has 112 valence electrons. The third-order valence-corrected chi connectivity index (χ3v) is 3.28.